The summed E-state index contributed by atoms with van der Waals surface area (Å²) in [4.78, 5) is 28.3. The maximum Gasteiger partial charge on any atom is 0.308 e. The van der Waals surface area contributed by atoms with E-state index in [1.165, 1.54) is 6.42 Å². The zero-order chi connectivity index (χ0) is 17.2. The third-order valence-corrected chi connectivity index (χ3v) is 5.24. The first-order valence-electron chi connectivity index (χ1n) is 8.66. The van der Waals surface area contributed by atoms with Crippen LogP contribution in [0.15, 0.2) is 18.3 Å². The molecule has 0 saturated heterocycles. The average molecular weight is 332 g/mol. The lowest BCUT2D eigenvalue weighted by Gasteiger charge is -2.39. The van der Waals surface area contributed by atoms with E-state index >= 15 is 0 Å². The number of carboxylic acids is 1. The molecule has 1 amide bonds. The molecule has 2 N–H and O–H groups in total. The van der Waals surface area contributed by atoms with Crippen molar-refractivity contribution in [2.45, 2.75) is 63.5 Å². The number of nitrogens with zero attached hydrogens (tertiary/aromatic N) is 1. The van der Waals surface area contributed by atoms with E-state index in [1.54, 1.807) is 18.3 Å². The van der Waals surface area contributed by atoms with Crippen LogP contribution in [0.25, 0.3) is 0 Å². The average Bonchev–Trinajstić information content (AvgIpc) is 2.51. The number of aromatic nitrogens is 1. The molecule has 6 heteroatoms. The molecule has 24 heavy (non-hydrogen) atoms. The van der Waals surface area contributed by atoms with Crippen molar-refractivity contribution in [3.63, 3.8) is 0 Å². The first-order valence-corrected chi connectivity index (χ1v) is 8.66. The Morgan fingerprint density at radius 2 is 2.08 bits per heavy atom. The molecule has 130 valence electrons. The highest BCUT2D eigenvalue weighted by atomic mass is 16.5. The summed E-state index contributed by atoms with van der Waals surface area (Å²) in [5.74, 6) is -1.22. The number of pyridine rings is 1. The van der Waals surface area contributed by atoms with Crippen LogP contribution in [0, 0.1) is 5.92 Å². The molecule has 2 aliphatic rings. The van der Waals surface area contributed by atoms with Crippen molar-refractivity contribution in [1.82, 2.24) is 10.3 Å². The predicted molar refractivity (Wildman–Crippen MR) is 88.0 cm³/mol. The summed E-state index contributed by atoms with van der Waals surface area (Å²) in [6.45, 7) is 1.83. The second-order valence-corrected chi connectivity index (χ2v) is 7.06. The van der Waals surface area contributed by atoms with E-state index < -0.39 is 17.4 Å². The van der Waals surface area contributed by atoms with Crippen LogP contribution in [0.2, 0.25) is 0 Å². The van der Waals surface area contributed by atoms with E-state index in [4.69, 9.17) is 4.74 Å². The van der Waals surface area contributed by atoms with Crippen LogP contribution in [0.4, 0.5) is 0 Å². The van der Waals surface area contributed by atoms with Gasteiger partial charge in [-0.2, -0.15) is 0 Å². The zero-order valence-electron chi connectivity index (χ0n) is 14.0. The van der Waals surface area contributed by atoms with Crippen molar-refractivity contribution in [2.75, 3.05) is 0 Å². The highest BCUT2D eigenvalue weighted by molar-refractivity contribution is 5.95. The number of hydrogen-bond acceptors (Lipinski definition) is 4. The van der Waals surface area contributed by atoms with Crippen LogP contribution in [0.1, 0.15) is 62.2 Å². The molecule has 0 bridgehead atoms. The number of amides is 1. The molecule has 0 aromatic carbocycles. The van der Waals surface area contributed by atoms with Gasteiger partial charge >= 0.3 is 5.97 Å². The Morgan fingerprint density at radius 1 is 1.29 bits per heavy atom. The molecule has 3 rings (SSSR count). The molecule has 2 fully saturated rings. The highest BCUT2D eigenvalue weighted by Crippen LogP contribution is 2.34. The minimum Gasteiger partial charge on any atom is -0.481 e. The number of carboxylic acid groups (broad SMARTS) is 1. The topological polar surface area (TPSA) is 88.5 Å². The summed E-state index contributed by atoms with van der Waals surface area (Å²) in [6.07, 6.45) is 8.05. The fourth-order valence-corrected chi connectivity index (χ4v) is 3.49. The number of rotatable bonds is 5. The molecule has 6 nitrogen and oxygen atoms in total. The number of nitrogens with one attached hydrogen (secondary N) is 1. The second kappa shape index (κ2) is 6.79. The fraction of sp³-hybridized carbons (Fsp3) is 0.611. The number of aliphatic carboxylic acids is 1. The van der Waals surface area contributed by atoms with Gasteiger partial charge < -0.3 is 15.2 Å². The normalized spacial score (nSPS) is 27.1. The van der Waals surface area contributed by atoms with Crippen LogP contribution in [-0.4, -0.2) is 33.6 Å². The fourth-order valence-electron chi connectivity index (χ4n) is 3.49. The van der Waals surface area contributed by atoms with E-state index in [0.29, 0.717) is 24.3 Å². The SMILES string of the molecule is CC1(NC(=O)c2ccnc(OC3CCC3)c2)CCCCC1C(=O)O. The summed E-state index contributed by atoms with van der Waals surface area (Å²) >= 11 is 0. The van der Waals surface area contributed by atoms with Crippen molar-refractivity contribution < 1.29 is 19.4 Å². The predicted octanol–water partition coefficient (Wildman–Crippen LogP) is 2.78. The lowest BCUT2D eigenvalue weighted by atomic mass is 9.73. The maximum absolute atomic E-state index is 12.6. The lowest BCUT2D eigenvalue weighted by Crippen LogP contribution is -2.55. The van der Waals surface area contributed by atoms with Crippen molar-refractivity contribution in [3.8, 4) is 5.88 Å². The monoisotopic (exact) mass is 332 g/mol. The minimum absolute atomic E-state index is 0.197. The highest BCUT2D eigenvalue weighted by Gasteiger charge is 2.42. The standard InChI is InChI=1S/C18H24N2O4/c1-18(9-3-2-7-14(18)17(22)23)20-16(21)12-8-10-19-15(11-12)24-13-5-4-6-13/h8,10-11,13-14H,2-7,9H2,1H3,(H,20,21)(H,22,23). The van der Waals surface area contributed by atoms with Crippen molar-refractivity contribution in [1.29, 1.82) is 0 Å². The molecule has 1 heterocycles. The van der Waals surface area contributed by atoms with Crippen LogP contribution in [0.5, 0.6) is 5.88 Å². The van der Waals surface area contributed by atoms with E-state index in [9.17, 15) is 14.7 Å². The minimum atomic E-state index is -0.846. The summed E-state index contributed by atoms with van der Waals surface area (Å²) in [6, 6.07) is 3.26. The Labute approximate surface area is 141 Å². The summed E-state index contributed by atoms with van der Waals surface area (Å²) in [5.41, 5.74) is -0.269. The molecule has 0 aliphatic heterocycles. The van der Waals surface area contributed by atoms with Crippen LogP contribution in [-0.2, 0) is 4.79 Å². The second-order valence-electron chi connectivity index (χ2n) is 7.06. The van der Waals surface area contributed by atoms with Gasteiger partial charge in [-0.15, -0.1) is 0 Å². The van der Waals surface area contributed by atoms with E-state index in [0.717, 1.165) is 25.7 Å². The summed E-state index contributed by atoms with van der Waals surface area (Å²) in [7, 11) is 0. The first-order chi connectivity index (χ1) is 11.5. The molecule has 1 aromatic heterocycles. The summed E-state index contributed by atoms with van der Waals surface area (Å²) in [5, 5.41) is 12.4. The molecular weight excluding hydrogens is 308 g/mol. The van der Waals surface area contributed by atoms with Gasteiger partial charge in [0.1, 0.15) is 6.10 Å². The van der Waals surface area contributed by atoms with Crippen LogP contribution >= 0.6 is 0 Å². The molecule has 0 radical (unpaired) electrons. The molecule has 2 unspecified atom stereocenters. The zero-order valence-corrected chi connectivity index (χ0v) is 14.0. The van der Waals surface area contributed by atoms with Gasteiger partial charge in [-0.3, -0.25) is 9.59 Å². The number of hydrogen-bond donors (Lipinski definition) is 2. The van der Waals surface area contributed by atoms with Gasteiger partial charge in [-0.1, -0.05) is 12.8 Å². The van der Waals surface area contributed by atoms with Crippen LogP contribution in [0.3, 0.4) is 0 Å². The summed E-state index contributed by atoms with van der Waals surface area (Å²) < 4.78 is 5.73. The van der Waals surface area contributed by atoms with Gasteiger partial charge in [0, 0.05) is 17.8 Å². The van der Waals surface area contributed by atoms with Gasteiger partial charge in [0.2, 0.25) is 5.88 Å². The maximum atomic E-state index is 12.6. The molecular formula is C18H24N2O4. The number of carbonyl (C=O) groups excluding carboxylic acids is 1. The number of carbonyl (C=O) groups is 2. The third kappa shape index (κ3) is 3.52. The van der Waals surface area contributed by atoms with Crippen LogP contribution < -0.4 is 10.1 Å². The Kier molecular flexibility index (Phi) is 4.73. The van der Waals surface area contributed by atoms with Crippen molar-refractivity contribution in [3.05, 3.63) is 23.9 Å². The van der Waals surface area contributed by atoms with Gasteiger partial charge in [0.05, 0.1) is 11.5 Å². The Balaban J connectivity index is 1.71. The van der Waals surface area contributed by atoms with E-state index in [-0.39, 0.29) is 12.0 Å². The van der Waals surface area contributed by atoms with Gasteiger partial charge in [0.25, 0.3) is 5.91 Å². The van der Waals surface area contributed by atoms with Gasteiger partial charge in [-0.05, 0) is 45.1 Å². The molecule has 2 atom stereocenters. The smallest absolute Gasteiger partial charge is 0.308 e. The Bertz CT molecular complexity index is 629. The quantitative estimate of drug-likeness (QED) is 0.865. The van der Waals surface area contributed by atoms with Gasteiger partial charge in [-0.25, -0.2) is 4.98 Å². The molecule has 2 aliphatic carbocycles. The first kappa shape index (κ1) is 16.7. The van der Waals surface area contributed by atoms with E-state index in [2.05, 4.69) is 10.3 Å². The molecule has 0 spiro atoms. The lowest BCUT2D eigenvalue weighted by molar-refractivity contribution is -0.145. The van der Waals surface area contributed by atoms with Crippen molar-refractivity contribution in [2.24, 2.45) is 5.92 Å². The third-order valence-electron chi connectivity index (χ3n) is 5.24. The molecule has 2 saturated carbocycles. The molecule has 1 aromatic rings. The number of ether oxygens (including phenoxy) is 1. The Hall–Kier alpha value is -2.11. The van der Waals surface area contributed by atoms with Gasteiger partial charge in [0.15, 0.2) is 0 Å². The van der Waals surface area contributed by atoms with Crippen molar-refractivity contribution >= 4 is 11.9 Å². The Morgan fingerprint density at radius 3 is 2.75 bits per heavy atom. The van der Waals surface area contributed by atoms with E-state index in [1.807, 2.05) is 6.92 Å². The largest absolute Gasteiger partial charge is 0.481 e.